The van der Waals surface area contributed by atoms with E-state index >= 15 is 0 Å². The first-order chi connectivity index (χ1) is 16.0. The molecule has 176 valence electrons. The lowest BCUT2D eigenvalue weighted by atomic mass is 10.2. The molecular formula is C25H31N3O4S. The van der Waals surface area contributed by atoms with Crippen molar-refractivity contribution < 1.29 is 14.3 Å². The Balaban J connectivity index is 1.57. The number of ether oxygens (including phenoxy) is 2. The third kappa shape index (κ3) is 5.23. The zero-order chi connectivity index (χ0) is 23.4. The van der Waals surface area contributed by atoms with Gasteiger partial charge in [-0.2, -0.15) is 0 Å². The van der Waals surface area contributed by atoms with Gasteiger partial charge in [0.05, 0.1) is 29.3 Å². The zero-order valence-corrected chi connectivity index (χ0v) is 20.3. The monoisotopic (exact) mass is 469 g/mol. The van der Waals surface area contributed by atoms with Gasteiger partial charge in [-0.25, -0.2) is 4.98 Å². The molecule has 3 heterocycles. The van der Waals surface area contributed by atoms with Crippen LogP contribution in [-0.4, -0.2) is 52.1 Å². The number of nitrogens with zero attached hydrogens (tertiary/aromatic N) is 3. The number of rotatable bonds is 10. The standard InChI is InChI=1S/C25H31N3O4S/c1-17-14-21(18(2)27(17)11-7-12-31-3)23(29)16-33-25-26-22-10-5-4-9-20(22)24(30)28(25)15-19-8-6-13-32-19/h4-5,9-10,14,19H,6-8,11-13,15-16H2,1-3H3/t19-/m1/s1. The highest BCUT2D eigenvalue weighted by Crippen LogP contribution is 2.24. The summed E-state index contributed by atoms with van der Waals surface area (Å²) in [4.78, 5) is 31.1. The summed E-state index contributed by atoms with van der Waals surface area (Å²) in [6.07, 6.45) is 2.83. The average Bonchev–Trinajstić information content (AvgIpc) is 3.43. The lowest BCUT2D eigenvalue weighted by molar-refractivity contribution is 0.0937. The molecule has 2 aromatic heterocycles. The van der Waals surface area contributed by atoms with E-state index in [9.17, 15) is 9.59 Å². The maximum Gasteiger partial charge on any atom is 0.262 e. The number of methoxy groups -OCH3 is 1. The van der Waals surface area contributed by atoms with Crippen molar-refractivity contribution in [3.63, 3.8) is 0 Å². The lowest BCUT2D eigenvalue weighted by Gasteiger charge is -2.16. The van der Waals surface area contributed by atoms with E-state index in [-0.39, 0.29) is 23.2 Å². The highest BCUT2D eigenvalue weighted by atomic mass is 32.2. The Morgan fingerprint density at radius 1 is 1.27 bits per heavy atom. The number of para-hydroxylation sites is 1. The molecule has 8 heteroatoms. The summed E-state index contributed by atoms with van der Waals surface area (Å²) in [6, 6.07) is 9.32. The number of ketones is 1. The zero-order valence-electron chi connectivity index (χ0n) is 19.5. The fourth-order valence-electron chi connectivity index (χ4n) is 4.41. The fourth-order valence-corrected chi connectivity index (χ4v) is 5.31. The minimum absolute atomic E-state index is 0.00624. The molecule has 1 aromatic carbocycles. The average molecular weight is 470 g/mol. The first kappa shape index (κ1) is 23.7. The van der Waals surface area contributed by atoms with Crippen molar-refractivity contribution in [2.24, 2.45) is 0 Å². The number of Topliss-reactive ketones (excluding diaryl/α,β-unsaturated/α-hetero) is 1. The SMILES string of the molecule is COCCCn1c(C)cc(C(=O)CSc2nc3ccccc3c(=O)n2C[C@H]2CCCO2)c1C. The number of fused-ring (bicyclic) bond motifs is 1. The molecule has 0 unspecified atom stereocenters. The van der Waals surface area contributed by atoms with E-state index in [4.69, 9.17) is 14.5 Å². The minimum Gasteiger partial charge on any atom is -0.385 e. The van der Waals surface area contributed by atoms with E-state index in [1.165, 1.54) is 11.8 Å². The predicted molar refractivity (Wildman–Crippen MR) is 130 cm³/mol. The Morgan fingerprint density at radius 2 is 2.09 bits per heavy atom. The summed E-state index contributed by atoms with van der Waals surface area (Å²) in [5.41, 5.74) is 3.33. The van der Waals surface area contributed by atoms with Gasteiger partial charge in [-0.3, -0.25) is 14.2 Å². The third-order valence-electron chi connectivity index (χ3n) is 6.17. The van der Waals surface area contributed by atoms with Crippen molar-refractivity contribution in [2.45, 2.75) is 57.5 Å². The lowest BCUT2D eigenvalue weighted by Crippen LogP contribution is -2.29. The van der Waals surface area contributed by atoms with Gasteiger partial charge in [0, 0.05) is 43.8 Å². The summed E-state index contributed by atoms with van der Waals surface area (Å²) in [5.74, 6) is 0.260. The first-order valence-electron chi connectivity index (χ1n) is 11.4. The molecule has 0 amide bonds. The fraction of sp³-hybridized carbons (Fsp3) is 0.480. The second-order valence-corrected chi connectivity index (χ2v) is 9.40. The van der Waals surface area contributed by atoms with Gasteiger partial charge >= 0.3 is 0 Å². The van der Waals surface area contributed by atoms with Crippen LogP contribution in [0, 0.1) is 13.8 Å². The second-order valence-electron chi connectivity index (χ2n) is 8.46. The molecule has 0 bridgehead atoms. The molecule has 7 nitrogen and oxygen atoms in total. The van der Waals surface area contributed by atoms with Crippen molar-refractivity contribution in [1.82, 2.24) is 14.1 Å². The van der Waals surface area contributed by atoms with Gasteiger partial charge in [-0.15, -0.1) is 0 Å². The largest absolute Gasteiger partial charge is 0.385 e. The van der Waals surface area contributed by atoms with Crippen molar-refractivity contribution in [3.8, 4) is 0 Å². The summed E-state index contributed by atoms with van der Waals surface area (Å²) in [7, 11) is 1.70. The van der Waals surface area contributed by atoms with E-state index < -0.39 is 0 Å². The number of aromatic nitrogens is 3. The van der Waals surface area contributed by atoms with Crippen LogP contribution in [0.4, 0.5) is 0 Å². The van der Waals surface area contributed by atoms with Crippen LogP contribution in [0.15, 0.2) is 40.3 Å². The van der Waals surface area contributed by atoms with Crippen LogP contribution in [0.2, 0.25) is 0 Å². The van der Waals surface area contributed by atoms with E-state index in [1.54, 1.807) is 17.7 Å². The van der Waals surface area contributed by atoms with E-state index in [2.05, 4.69) is 4.57 Å². The topological polar surface area (TPSA) is 75.4 Å². The molecule has 1 aliphatic rings. The number of aryl methyl sites for hydroxylation is 1. The number of hydrogen-bond acceptors (Lipinski definition) is 6. The number of thioether (sulfide) groups is 1. The van der Waals surface area contributed by atoms with Crippen molar-refractivity contribution in [2.75, 3.05) is 26.1 Å². The smallest absolute Gasteiger partial charge is 0.262 e. The molecule has 0 spiro atoms. The van der Waals surface area contributed by atoms with Crippen LogP contribution in [0.3, 0.4) is 0 Å². The molecule has 33 heavy (non-hydrogen) atoms. The Hall–Kier alpha value is -2.42. The molecule has 3 aromatic rings. The van der Waals surface area contributed by atoms with Gasteiger partial charge < -0.3 is 14.0 Å². The molecule has 1 fully saturated rings. The van der Waals surface area contributed by atoms with E-state index in [0.717, 1.165) is 49.4 Å². The summed E-state index contributed by atoms with van der Waals surface area (Å²) < 4.78 is 14.8. The predicted octanol–water partition coefficient (Wildman–Crippen LogP) is 4.01. The highest BCUT2D eigenvalue weighted by Gasteiger charge is 2.22. The molecule has 4 rings (SSSR count). The maximum atomic E-state index is 13.2. The van der Waals surface area contributed by atoms with Crippen LogP contribution in [-0.2, 0) is 22.6 Å². The van der Waals surface area contributed by atoms with Gasteiger partial charge in [0.25, 0.3) is 5.56 Å². The van der Waals surface area contributed by atoms with Crippen molar-refractivity contribution in [3.05, 3.63) is 57.6 Å². The van der Waals surface area contributed by atoms with Crippen LogP contribution in [0.1, 0.15) is 41.0 Å². The number of carbonyl (C=O) groups excluding carboxylic acids is 1. The van der Waals surface area contributed by atoms with Crippen molar-refractivity contribution in [1.29, 1.82) is 0 Å². The minimum atomic E-state index is -0.0811. The molecule has 0 radical (unpaired) electrons. The van der Waals surface area contributed by atoms with Crippen molar-refractivity contribution >= 4 is 28.4 Å². The van der Waals surface area contributed by atoms with Crippen LogP contribution in [0.5, 0.6) is 0 Å². The molecule has 1 atom stereocenters. The van der Waals surface area contributed by atoms with Crippen LogP contribution < -0.4 is 5.56 Å². The Bertz CT molecular complexity index is 1190. The Morgan fingerprint density at radius 3 is 2.85 bits per heavy atom. The summed E-state index contributed by atoms with van der Waals surface area (Å²) >= 11 is 1.33. The third-order valence-corrected chi connectivity index (χ3v) is 7.15. The Labute approximate surface area is 198 Å². The second kappa shape index (κ2) is 10.7. The number of benzene rings is 1. The number of carbonyl (C=O) groups is 1. The summed E-state index contributed by atoms with van der Waals surface area (Å²) in [6.45, 7) is 6.70. The molecule has 0 saturated carbocycles. The maximum absolute atomic E-state index is 13.2. The molecule has 0 aliphatic carbocycles. The molecule has 0 N–H and O–H groups in total. The van der Waals surface area contributed by atoms with Gasteiger partial charge in [0.2, 0.25) is 0 Å². The van der Waals surface area contributed by atoms with E-state index in [0.29, 0.717) is 29.2 Å². The number of hydrogen-bond donors (Lipinski definition) is 0. The quantitative estimate of drug-likeness (QED) is 0.193. The highest BCUT2D eigenvalue weighted by molar-refractivity contribution is 7.99. The first-order valence-corrected chi connectivity index (χ1v) is 12.4. The Kier molecular flexibility index (Phi) is 7.67. The molecule has 1 saturated heterocycles. The van der Waals surface area contributed by atoms with Gasteiger partial charge in [0.15, 0.2) is 10.9 Å². The molecule has 1 aliphatic heterocycles. The van der Waals surface area contributed by atoms with Gasteiger partial charge in [0.1, 0.15) is 0 Å². The summed E-state index contributed by atoms with van der Waals surface area (Å²) in [5, 5.41) is 1.15. The van der Waals surface area contributed by atoms with E-state index in [1.807, 2.05) is 38.1 Å². The van der Waals surface area contributed by atoms with Crippen LogP contribution in [0.25, 0.3) is 10.9 Å². The van der Waals surface area contributed by atoms with Gasteiger partial charge in [-0.1, -0.05) is 23.9 Å². The molecular weight excluding hydrogens is 438 g/mol. The van der Waals surface area contributed by atoms with Crippen LogP contribution >= 0.6 is 11.8 Å². The van der Waals surface area contributed by atoms with Gasteiger partial charge in [-0.05, 0) is 51.3 Å². The normalized spacial score (nSPS) is 16.0.